The van der Waals surface area contributed by atoms with Crippen LogP contribution in [0.25, 0.3) is 4.91 Å². The summed E-state index contributed by atoms with van der Waals surface area (Å²) in [6, 6.07) is 22.2. The number of rotatable bonds is 6. The average Bonchev–Trinajstić information content (AvgIpc) is 3.08. The monoisotopic (exact) mass is 347 g/mol. The Bertz CT molecular complexity index is 893. The zero-order valence-electron chi connectivity index (χ0n) is 14.5. The summed E-state index contributed by atoms with van der Waals surface area (Å²) in [5.41, 5.74) is 4.07. The molecule has 0 aliphatic carbocycles. The molecule has 0 saturated heterocycles. The van der Waals surface area contributed by atoms with E-state index in [1.54, 1.807) is 17.8 Å². The Morgan fingerprint density at radius 3 is 2.44 bits per heavy atom. The number of allylic oxidation sites excluding steroid dienone is 1. The molecule has 0 aliphatic heterocycles. The third-order valence-electron chi connectivity index (χ3n) is 4.17. The van der Waals surface area contributed by atoms with Crippen LogP contribution in [0.3, 0.4) is 0 Å². The number of aryl methyl sites for hydroxylation is 1. The van der Waals surface area contributed by atoms with Crippen LogP contribution >= 0.6 is 11.8 Å². The van der Waals surface area contributed by atoms with Crippen molar-refractivity contribution in [2.24, 2.45) is 0 Å². The Morgan fingerprint density at radius 2 is 1.72 bits per heavy atom. The molecule has 0 N–H and O–H groups in total. The van der Waals surface area contributed by atoms with Crippen molar-refractivity contribution < 1.29 is 4.79 Å². The summed E-state index contributed by atoms with van der Waals surface area (Å²) in [5, 5.41) is 0. The Balaban J connectivity index is 1.90. The molecule has 0 fully saturated rings. The highest BCUT2D eigenvalue weighted by atomic mass is 32.2. The van der Waals surface area contributed by atoms with Crippen LogP contribution in [-0.2, 0) is 6.54 Å². The van der Waals surface area contributed by atoms with E-state index in [9.17, 15) is 4.79 Å². The first-order chi connectivity index (χ1) is 12.2. The predicted molar refractivity (Wildman–Crippen MR) is 107 cm³/mol. The molecular formula is C22H21NOS. The van der Waals surface area contributed by atoms with Crippen LogP contribution in [0.5, 0.6) is 0 Å². The lowest BCUT2D eigenvalue weighted by atomic mass is 10.0. The number of nitrogens with zero attached hydrogens (tertiary/aromatic N) is 1. The molecular weight excluding hydrogens is 326 g/mol. The smallest absolute Gasteiger partial charge is 0.187 e. The first kappa shape index (κ1) is 17.3. The fourth-order valence-corrected chi connectivity index (χ4v) is 3.46. The van der Waals surface area contributed by atoms with Crippen molar-refractivity contribution in [2.45, 2.75) is 13.5 Å². The van der Waals surface area contributed by atoms with Crippen molar-refractivity contribution in [2.75, 3.05) is 6.26 Å². The van der Waals surface area contributed by atoms with Gasteiger partial charge in [-0.15, -0.1) is 11.8 Å². The number of benzene rings is 2. The molecule has 3 aromatic rings. The number of hydrogen-bond acceptors (Lipinski definition) is 2. The zero-order valence-corrected chi connectivity index (χ0v) is 15.3. The number of hydrogen-bond donors (Lipinski definition) is 0. The summed E-state index contributed by atoms with van der Waals surface area (Å²) < 4.78 is 2.18. The Kier molecular flexibility index (Phi) is 5.56. The lowest BCUT2D eigenvalue weighted by Crippen LogP contribution is -2.04. The molecule has 0 spiro atoms. The van der Waals surface area contributed by atoms with Gasteiger partial charge in [0.2, 0.25) is 0 Å². The maximum absolute atomic E-state index is 12.7. The van der Waals surface area contributed by atoms with E-state index in [4.69, 9.17) is 0 Å². The quantitative estimate of drug-likeness (QED) is 0.438. The zero-order chi connectivity index (χ0) is 17.6. The molecule has 126 valence electrons. The third-order valence-corrected chi connectivity index (χ3v) is 4.94. The van der Waals surface area contributed by atoms with E-state index in [0.717, 1.165) is 28.3 Å². The van der Waals surface area contributed by atoms with E-state index >= 15 is 0 Å². The second-order valence-corrected chi connectivity index (χ2v) is 6.75. The lowest BCUT2D eigenvalue weighted by Gasteiger charge is -2.11. The summed E-state index contributed by atoms with van der Waals surface area (Å²) in [5.74, 6) is 0.0508. The molecule has 0 radical (unpaired) electrons. The van der Waals surface area contributed by atoms with Gasteiger partial charge in [0, 0.05) is 29.3 Å². The van der Waals surface area contributed by atoms with E-state index < -0.39 is 0 Å². The van der Waals surface area contributed by atoms with Gasteiger partial charge in [0.05, 0.1) is 5.69 Å². The maximum Gasteiger partial charge on any atom is 0.187 e. The summed E-state index contributed by atoms with van der Waals surface area (Å²) in [4.78, 5) is 13.7. The van der Waals surface area contributed by atoms with E-state index in [2.05, 4.69) is 29.0 Å². The molecule has 1 heterocycles. The fourth-order valence-electron chi connectivity index (χ4n) is 2.84. The van der Waals surface area contributed by atoms with E-state index in [1.807, 2.05) is 61.7 Å². The average molecular weight is 347 g/mol. The standard InChI is InChI=1S/C22H21NOS/c1-17-9-6-7-12-19(17)21(24)15-22(25-2)20-13-8-14-23(20)16-18-10-4-3-5-11-18/h3-15H,16H2,1-2H3/b22-15-. The number of ketones is 1. The van der Waals surface area contributed by atoms with Crippen molar-refractivity contribution >= 4 is 22.5 Å². The summed E-state index contributed by atoms with van der Waals surface area (Å²) >= 11 is 1.60. The van der Waals surface area contributed by atoms with E-state index in [0.29, 0.717) is 0 Å². The van der Waals surface area contributed by atoms with Crippen molar-refractivity contribution in [1.29, 1.82) is 0 Å². The van der Waals surface area contributed by atoms with Gasteiger partial charge in [-0.25, -0.2) is 0 Å². The molecule has 2 nitrogen and oxygen atoms in total. The minimum Gasteiger partial charge on any atom is -0.343 e. The minimum absolute atomic E-state index is 0.0508. The number of carbonyl (C=O) groups is 1. The van der Waals surface area contributed by atoms with Gasteiger partial charge in [-0.3, -0.25) is 4.79 Å². The van der Waals surface area contributed by atoms with E-state index in [1.165, 1.54) is 5.56 Å². The molecule has 0 atom stereocenters. The van der Waals surface area contributed by atoms with Crippen LogP contribution in [0.1, 0.15) is 27.2 Å². The van der Waals surface area contributed by atoms with Crippen LogP contribution in [0.4, 0.5) is 0 Å². The molecule has 0 aliphatic rings. The molecule has 2 aromatic carbocycles. The van der Waals surface area contributed by atoms with Crippen LogP contribution in [-0.4, -0.2) is 16.6 Å². The number of aromatic nitrogens is 1. The molecule has 25 heavy (non-hydrogen) atoms. The molecule has 1 aromatic heterocycles. The minimum atomic E-state index is 0.0508. The highest BCUT2D eigenvalue weighted by Gasteiger charge is 2.11. The molecule has 0 saturated carbocycles. The second kappa shape index (κ2) is 8.04. The van der Waals surface area contributed by atoms with Crippen molar-refractivity contribution in [3.8, 4) is 0 Å². The Morgan fingerprint density at radius 1 is 1.00 bits per heavy atom. The molecule has 0 bridgehead atoms. The third kappa shape index (κ3) is 4.12. The molecule has 3 heteroatoms. The summed E-state index contributed by atoms with van der Waals surface area (Å²) in [6.07, 6.45) is 5.82. The number of carbonyl (C=O) groups excluding carboxylic acids is 1. The van der Waals surface area contributed by atoms with Crippen LogP contribution in [0.15, 0.2) is 79.0 Å². The van der Waals surface area contributed by atoms with Gasteiger partial charge in [-0.1, -0.05) is 54.6 Å². The normalized spacial score (nSPS) is 11.5. The van der Waals surface area contributed by atoms with Gasteiger partial charge < -0.3 is 4.57 Å². The van der Waals surface area contributed by atoms with Gasteiger partial charge in [-0.05, 0) is 36.4 Å². The van der Waals surface area contributed by atoms with Crippen molar-refractivity contribution in [1.82, 2.24) is 4.57 Å². The first-order valence-electron chi connectivity index (χ1n) is 8.24. The van der Waals surface area contributed by atoms with Crippen molar-refractivity contribution in [3.63, 3.8) is 0 Å². The van der Waals surface area contributed by atoms with Gasteiger partial charge >= 0.3 is 0 Å². The highest BCUT2D eigenvalue weighted by molar-refractivity contribution is 8.07. The van der Waals surface area contributed by atoms with Crippen LogP contribution < -0.4 is 0 Å². The molecule has 0 unspecified atom stereocenters. The maximum atomic E-state index is 12.7. The van der Waals surface area contributed by atoms with E-state index in [-0.39, 0.29) is 5.78 Å². The number of thioether (sulfide) groups is 1. The highest BCUT2D eigenvalue weighted by Crippen LogP contribution is 2.27. The topological polar surface area (TPSA) is 22.0 Å². The van der Waals surface area contributed by atoms with Gasteiger partial charge in [0.1, 0.15) is 0 Å². The Hall–Kier alpha value is -2.52. The van der Waals surface area contributed by atoms with Crippen molar-refractivity contribution in [3.05, 3.63) is 101 Å². The summed E-state index contributed by atoms with van der Waals surface area (Å²) in [7, 11) is 0. The van der Waals surface area contributed by atoms with Gasteiger partial charge in [0.25, 0.3) is 0 Å². The van der Waals surface area contributed by atoms with Gasteiger partial charge in [-0.2, -0.15) is 0 Å². The predicted octanol–water partition coefficient (Wildman–Crippen LogP) is 5.43. The SMILES string of the molecule is CS/C(=C\C(=O)c1ccccc1C)c1cccn1Cc1ccccc1. The van der Waals surface area contributed by atoms with Crippen LogP contribution in [0.2, 0.25) is 0 Å². The summed E-state index contributed by atoms with van der Waals surface area (Å²) in [6.45, 7) is 2.76. The largest absolute Gasteiger partial charge is 0.343 e. The molecule has 3 rings (SSSR count). The van der Waals surface area contributed by atoms with Gasteiger partial charge in [0.15, 0.2) is 5.78 Å². The van der Waals surface area contributed by atoms with Crippen LogP contribution in [0, 0.1) is 6.92 Å². The Labute approximate surface area is 153 Å². The first-order valence-corrected chi connectivity index (χ1v) is 9.46. The molecule has 0 amide bonds. The lowest BCUT2D eigenvalue weighted by molar-refractivity contribution is 0.104. The fraction of sp³-hybridized carbons (Fsp3) is 0.136. The second-order valence-electron chi connectivity index (χ2n) is 5.90.